The van der Waals surface area contributed by atoms with Gasteiger partial charge in [-0.25, -0.2) is 9.78 Å². The Balaban J connectivity index is 2.66. The molecule has 0 saturated heterocycles. The Kier molecular flexibility index (Phi) is 4.34. The molecule has 0 radical (unpaired) electrons. The fraction of sp³-hybridized carbons (Fsp3) is 0.583. The highest BCUT2D eigenvalue weighted by Gasteiger charge is 2.17. The molecule has 0 saturated carbocycles. The van der Waals surface area contributed by atoms with E-state index in [0.717, 1.165) is 6.42 Å². The van der Waals surface area contributed by atoms with Gasteiger partial charge in [-0.2, -0.15) is 0 Å². The van der Waals surface area contributed by atoms with Crippen LogP contribution in [-0.2, 0) is 13.6 Å². The highest BCUT2D eigenvalue weighted by atomic mass is 32.2. The van der Waals surface area contributed by atoms with E-state index in [4.69, 9.17) is 0 Å². The lowest BCUT2D eigenvalue weighted by Gasteiger charge is -2.07. The summed E-state index contributed by atoms with van der Waals surface area (Å²) >= 11 is 1.38. The zero-order valence-electron chi connectivity index (χ0n) is 11.7. The number of aryl methyl sites for hydroxylation is 2. The van der Waals surface area contributed by atoms with Crippen molar-refractivity contribution < 1.29 is 5.11 Å². The molecule has 0 fully saturated rings. The molecule has 2 rings (SSSR count). The van der Waals surface area contributed by atoms with Gasteiger partial charge < -0.3 is 9.67 Å². The predicted octanol–water partition coefficient (Wildman–Crippen LogP) is 0.306. The highest BCUT2D eigenvalue weighted by molar-refractivity contribution is 7.99. The van der Waals surface area contributed by atoms with Crippen LogP contribution in [-0.4, -0.2) is 36.1 Å². The molecule has 0 aliphatic carbocycles. The Morgan fingerprint density at radius 2 is 2.15 bits per heavy atom. The van der Waals surface area contributed by atoms with Gasteiger partial charge in [0.05, 0.1) is 6.10 Å². The summed E-state index contributed by atoms with van der Waals surface area (Å²) in [6.07, 6.45) is 0.382. The number of aliphatic hydroxyl groups is 1. The van der Waals surface area contributed by atoms with Crippen LogP contribution in [0.2, 0.25) is 0 Å². The minimum atomic E-state index is -0.476. The number of nitrogens with zero attached hydrogens (tertiary/aromatic N) is 3. The van der Waals surface area contributed by atoms with Crippen molar-refractivity contribution in [1.82, 2.24) is 19.1 Å². The number of hydrogen-bond donors (Lipinski definition) is 2. The molecule has 0 aliphatic rings. The monoisotopic (exact) mass is 298 g/mol. The molecule has 0 bridgehead atoms. The first-order valence-electron chi connectivity index (χ1n) is 6.46. The minimum absolute atomic E-state index is 0.375. The van der Waals surface area contributed by atoms with Crippen LogP contribution >= 0.6 is 11.8 Å². The molecule has 7 nitrogen and oxygen atoms in total. The number of hydrogen-bond acceptors (Lipinski definition) is 5. The molecule has 2 aromatic heterocycles. The van der Waals surface area contributed by atoms with Crippen LogP contribution in [0.25, 0.3) is 11.2 Å². The zero-order chi connectivity index (χ0) is 14.9. The third-order valence-electron chi connectivity index (χ3n) is 2.87. The fourth-order valence-electron chi connectivity index (χ4n) is 1.95. The van der Waals surface area contributed by atoms with Crippen molar-refractivity contribution in [3.8, 4) is 0 Å². The molecular formula is C12H18N4O3S. The molecule has 0 aliphatic heterocycles. The van der Waals surface area contributed by atoms with Gasteiger partial charge in [-0.15, -0.1) is 0 Å². The second kappa shape index (κ2) is 5.84. The number of aromatic amines is 1. The third kappa shape index (κ3) is 2.66. The number of rotatable bonds is 5. The van der Waals surface area contributed by atoms with Gasteiger partial charge >= 0.3 is 5.69 Å². The normalized spacial score (nSPS) is 13.0. The third-order valence-corrected chi connectivity index (χ3v) is 4.09. The summed E-state index contributed by atoms with van der Waals surface area (Å²) in [4.78, 5) is 30.3. The molecule has 2 N–H and O–H groups in total. The molecule has 0 amide bonds. The van der Waals surface area contributed by atoms with Crippen LogP contribution in [0.15, 0.2) is 14.7 Å². The van der Waals surface area contributed by atoms with E-state index in [1.54, 1.807) is 18.5 Å². The maximum atomic E-state index is 12.0. The molecule has 1 atom stereocenters. The molecular weight excluding hydrogens is 280 g/mol. The van der Waals surface area contributed by atoms with E-state index in [0.29, 0.717) is 28.6 Å². The SMILES string of the molecule is CCCn1c(SC[C@@H](C)O)nc2c1c(=O)[nH]c(=O)n2C. The van der Waals surface area contributed by atoms with E-state index in [2.05, 4.69) is 9.97 Å². The van der Waals surface area contributed by atoms with Gasteiger partial charge in [-0.3, -0.25) is 14.3 Å². The van der Waals surface area contributed by atoms with Crippen molar-refractivity contribution in [2.45, 2.75) is 38.1 Å². The Bertz CT molecular complexity index is 729. The van der Waals surface area contributed by atoms with Crippen molar-refractivity contribution >= 4 is 22.9 Å². The fourth-order valence-corrected chi connectivity index (χ4v) is 2.83. The number of thioether (sulfide) groups is 1. The molecule has 2 heterocycles. The molecule has 0 unspecified atom stereocenters. The maximum absolute atomic E-state index is 12.0. The van der Waals surface area contributed by atoms with Crippen molar-refractivity contribution in [3.63, 3.8) is 0 Å². The van der Waals surface area contributed by atoms with E-state index in [9.17, 15) is 14.7 Å². The summed E-state index contributed by atoms with van der Waals surface area (Å²) in [6.45, 7) is 4.34. The topological polar surface area (TPSA) is 92.9 Å². The van der Waals surface area contributed by atoms with Gasteiger partial charge in [0.15, 0.2) is 16.3 Å². The molecule has 110 valence electrons. The van der Waals surface area contributed by atoms with Gasteiger partial charge in [-0.05, 0) is 13.3 Å². The van der Waals surface area contributed by atoms with Crippen LogP contribution in [0.4, 0.5) is 0 Å². The van der Waals surface area contributed by atoms with E-state index in [1.165, 1.54) is 16.3 Å². The highest BCUT2D eigenvalue weighted by Crippen LogP contribution is 2.22. The lowest BCUT2D eigenvalue weighted by Crippen LogP contribution is -2.29. The molecule has 0 spiro atoms. The maximum Gasteiger partial charge on any atom is 0.329 e. The Labute approximate surface area is 119 Å². The minimum Gasteiger partial charge on any atom is -0.393 e. The van der Waals surface area contributed by atoms with E-state index in [1.807, 2.05) is 6.92 Å². The smallest absolute Gasteiger partial charge is 0.329 e. The van der Waals surface area contributed by atoms with E-state index in [-0.39, 0.29) is 0 Å². The van der Waals surface area contributed by atoms with Gasteiger partial charge in [0.25, 0.3) is 5.56 Å². The number of fused-ring (bicyclic) bond motifs is 1. The van der Waals surface area contributed by atoms with Crippen molar-refractivity contribution in [2.24, 2.45) is 7.05 Å². The average Bonchev–Trinajstić information content (AvgIpc) is 2.74. The van der Waals surface area contributed by atoms with Crippen molar-refractivity contribution in [1.29, 1.82) is 0 Å². The Morgan fingerprint density at radius 1 is 1.45 bits per heavy atom. The summed E-state index contributed by atoms with van der Waals surface area (Å²) in [5.41, 5.74) is -0.119. The van der Waals surface area contributed by atoms with Gasteiger partial charge in [0.1, 0.15) is 0 Å². The first-order valence-corrected chi connectivity index (χ1v) is 7.44. The molecule has 20 heavy (non-hydrogen) atoms. The largest absolute Gasteiger partial charge is 0.393 e. The number of aliphatic hydroxyl groups excluding tert-OH is 1. The van der Waals surface area contributed by atoms with Gasteiger partial charge in [-0.1, -0.05) is 18.7 Å². The Morgan fingerprint density at radius 3 is 2.75 bits per heavy atom. The number of imidazole rings is 1. The number of aromatic nitrogens is 4. The van der Waals surface area contributed by atoms with E-state index >= 15 is 0 Å². The lowest BCUT2D eigenvalue weighted by atomic mass is 10.4. The second-order valence-corrected chi connectivity index (χ2v) is 5.68. The second-order valence-electron chi connectivity index (χ2n) is 4.70. The summed E-state index contributed by atoms with van der Waals surface area (Å²) in [7, 11) is 1.58. The quantitative estimate of drug-likeness (QED) is 0.775. The van der Waals surface area contributed by atoms with Crippen LogP contribution in [0.1, 0.15) is 20.3 Å². The van der Waals surface area contributed by atoms with Crippen molar-refractivity contribution in [2.75, 3.05) is 5.75 Å². The Hall–Kier alpha value is -1.54. The molecule has 8 heteroatoms. The van der Waals surface area contributed by atoms with Crippen LogP contribution in [0.3, 0.4) is 0 Å². The standard InChI is InChI=1S/C12H18N4O3S/c1-4-5-16-8-9(13-12(16)20-6-7(2)17)15(3)11(19)14-10(8)18/h7,17H,4-6H2,1-3H3,(H,14,18,19)/t7-/m1/s1. The summed E-state index contributed by atoms with van der Waals surface area (Å²) < 4.78 is 3.13. The van der Waals surface area contributed by atoms with Crippen LogP contribution in [0.5, 0.6) is 0 Å². The van der Waals surface area contributed by atoms with Gasteiger partial charge in [0, 0.05) is 19.3 Å². The van der Waals surface area contributed by atoms with Gasteiger partial charge in [0.2, 0.25) is 0 Å². The summed E-state index contributed by atoms with van der Waals surface area (Å²) in [5.74, 6) is 0.485. The summed E-state index contributed by atoms with van der Waals surface area (Å²) in [6, 6.07) is 0. The molecule has 0 aromatic carbocycles. The lowest BCUT2D eigenvalue weighted by molar-refractivity contribution is 0.220. The first kappa shape index (κ1) is 14.9. The van der Waals surface area contributed by atoms with Crippen LogP contribution < -0.4 is 11.2 Å². The predicted molar refractivity (Wildman–Crippen MR) is 78.3 cm³/mol. The van der Waals surface area contributed by atoms with Crippen molar-refractivity contribution in [3.05, 3.63) is 20.8 Å². The first-order chi connectivity index (χ1) is 9.45. The number of nitrogens with one attached hydrogen (secondary N) is 1. The average molecular weight is 298 g/mol. The summed E-state index contributed by atoms with van der Waals surface area (Å²) in [5, 5.41) is 10.0. The van der Waals surface area contributed by atoms with Crippen LogP contribution in [0, 0.1) is 0 Å². The van der Waals surface area contributed by atoms with E-state index < -0.39 is 17.4 Å². The molecule has 2 aromatic rings. The number of H-pyrrole nitrogens is 1. The zero-order valence-corrected chi connectivity index (χ0v) is 12.5.